The third kappa shape index (κ3) is 8.28. The summed E-state index contributed by atoms with van der Waals surface area (Å²) < 4.78 is 0. The first-order valence-corrected chi connectivity index (χ1v) is 28.6. The average Bonchev–Trinajstić information content (AvgIpc) is 3.58. The Balaban J connectivity index is 1.24. The van der Waals surface area contributed by atoms with Gasteiger partial charge in [0.15, 0.2) is 0 Å². The topological polar surface area (TPSA) is 6.48 Å². The van der Waals surface area contributed by atoms with Crippen LogP contribution in [0.25, 0.3) is 53.9 Å². The molecule has 0 aromatic heterocycles. The molecular formula is C76H76N2. The molecule has 0 aliphatic heterocycles. The minimum atomic E-state index is -0.369. The lowest BCUT2D eigenvalue weighted by atomic mass is 9.59. The molecule has 0 heterocycles. The van der Waals surface area contributed by atoms with Crippen LogP contribution in [0.4, 0.5) is 34.1 Å². The van der Waals surface area contributed by atoms with Crippen LogP contribution in [0.1, 0.15) is 153 Å². The van der Waals surface area contributed by atoms with Crippen molar-refractivity contribution in [3.8, 4) is 0 Å². The molecule has 0 N–H and O–H groups in total. The van der Waals surface area contributed by atoms with E-state index >= 15 is 0 Å². The van der Waals surface area contributed by atoms with Crippen LogP contribution in [0, 0.1) is 0 Å². The summed E-state index contributed by atoms with van der Waals surface area (Å²) in [5.41, 5.74) is 16.9. The van der Waals surface area contributed by atoms with Gasteiger partial charge in [0, 0.05) is 55.1 Å². The summed E-state index contributed by atoms with van der Waals surface area (Å²) in [7, 11) is 0. The van der Waals surface area contributed by atoms with E-state index in [1.165, 1.54) is 110 Å². The van der Waals surface area contributed by atoms with Crippen LogP contribution < -0.4 is 9.80 Å². The second-order valence-corrected chi connectivity index (χ2v) is 26.2. The number of hydrogen-bond acceptors (Lipinski definition) is 2. The summed E-state index contributed by atoms with van der Waals surface area (Å²) in [5, 5.41) is 12.7. The van der Waals surface area contributed by atoms with Crippen molar-refractivity contribution in [2.45, 2.75) is 130 Å². The zero-order chi connectivity index (χ0) is 54.8. The minimum absolute atomic E-state index is 0.00365. The highest BCUT2D eigenvalue weighted by Gasteiger charge is 2.43. The molecule has 0 radical (unpaired) electrons. The second-order valence-electron chi connectivity index (χ2n) is 26.2. The fourth-order valence-electron chi connectivity index (χ4n) is 13.0. The van der Waals surface area contributed by atoms with Crippen molar-refractivity contribution < 1.29 is 0 Å². The van der Waals surface area contributed by atoms with Gasteiger partial charge in [-0.15, -0.1) is 0 Å². The number of anilines is 6. The second kappa shape index (κ2) is 18.5. The first-order chi connectivity index (χ1) is 37.1. The van der Waals surface area contributed by atoms with E-state index in [9.17, 15) is 0 Å². The van der Waals surface area contributed by atoms with Crippen molar-refractivity contribution in [3.63, 3.8) is 0 Å². The molecule has 12 rings (SSSR count). The maximum Gasteiger partial charge on any atom is 0.0620 e. The van der Waals surface area contributed by atoms with Gasteiger partial charge in [-0.1, -0.05) is 218 Å². The van der Waals surface area contributed by atoms with Crippen LogP contribution in [0.15, 0.2) is 194 Å². The highest BCUT2D eigenvalue weighted by Crippen LogP contribution is 2.57. The quantitative estimate of drug-likeness (QED) is 0.0850. The lowest BCUT2D eigenvalue weighted by molar-refractivity contribution is 0.523. The molecule has 0 fully saturated rings. The third-order valence-electron chi connectivity index (χ3n) is 17.7. The average molecular weight is 1020 g/mol. The van der Waals surface area contributed by atoms with Gasteiger partial charge >= 0.3 is 0 Å². The van der Waals surface area contributed by atoms with Crippen LogP contribution >= 0.6 is 0 Å². The zero-order valence-corrected chi connectivity index (χ0v) is 48.5. The first-order valence-electron chi connectivity index (χ1n) is 28.6. The third-order valence-corrected chi connectivity index (χ3v) is 17.7. The van der Waals surface area contributed by atoms with Gasteiger partial charge in [0.1, 0.15) is 0 Å². The van der Waals surface area contributed by atoms with Crippen molar-refractivity contribution in [3.05, 3.63) is 239 Å². The predicted octanol–water partition coefficient (Wildman–Crippen LogP) is 22.2. The molecule has 0 atom stereocenters. The standard InChI is InChI=1S/C76H76N2/c1-47(2)49-27-35-53(36-28-49)77(55-39-31-51(32-40-55)73(5,6)7)71-61-25-19-20-26-62(61)72(78(54-37-29-50(30-38-54)48(3)4)56-41-33-52(34-42-56)74(8,9)10)66-46-70-69(45-65(66)71)75(11,12)67-43-63-59-23-17-15-21-57(59)58-22-16-18-24-60(58)64(63)44-68(67)76(70,13)14/h15-48H,1-14H3. The van der Waals surface area contributed by atoms with Gasteiger partial charge in [-0.05, 0) is 172 Å². The smallest absolute Gasteiger partial charge is 0.0620 e. The van der Waals surface area contributed by atoms with E-state index in [0.29, 0.717) is 11.8 Å². The van der Waals surface area contributed by atoms with Crippen molar-refractivity contribution in [1.29, 1.82) is 0 Å². The van der Waals surface area contributed by atoms with Crippen LogP contribution in [0.3, 0.4) is 0 Å². The molecule has 11 aromatic rings. The Morgan fingerprint density at radius 1 is 0.295 bits per heavy atom. The lowest BCUT2D eigenvalue weighted by Gasteiger charge is -2.45. The summed E-state index contributed by atoms with van der Waals surface area (Å²) in [6, 6.07) is 75.2. The molecule has 78 heavy (non-hydrogen) atoms. The molecule has 1 aliphatic rings. The monoisotopic (exact) mass is 1020 g/mol. The predicted molar refractivity (Wildman–Crippen MR) is 340 cm³/mol. The molecule has 1 aliphatic carbocycles. The van der Waals surface area contributed by atoms with Gasteiger partial charge in [-0.25, -0.2) is 0 Å². The van der Waals surface area contributed by atoms with Gasteiger partial charge in [-0.3, -0.25) is 0 Å². The van der Waals surface area contributed by atoms with Gasteiger partial charge in [0.05, 0.1) is 11.4 Å². The molecular weight excluding hydrogens is 941 g/mol. The lowest BCUT2D eigenvalue weighted by Crippen LogP contribution is -2.36. The minimum Gasteiger partial charge on any atom is -0.309 e. The maximum absolute atomic E-state index is 2.63. The van der Waals surface area contributed by atoms with E-state index in [0.717, 1.165) is 22.7 Å². The number of rotatable bonds is 8. The number of hydrogen-bond donors (Lipinski definition) is 0. The molecule has 11 aromatic carbocycles. The number of fused-ring (bicyclic) bond motifs is 10. The van der Waals surface area contributed by atoms with Gasteiger partial charge in [-0.2, -0.15) is 0 Å². The maximum atomic E-state index is 2.63. The fourth-order valence-corrected chi connectivity index (χ4v) is 13.0. The van der Waals surface area contributed by atoms with E-state index in [2.05, 4.69) is 301 Å². The van der Waals surface area contributed by atoms with E-state index in [1.54, 1.807) is 0 Å². The van der Waals surface area contributed by atoms with Crippen LogP contribution in [0.5, 0.6) is 0 Å². The van der Waals surface area contributed by atoms with E-state index in [4.69, 9.17) is 0 Å². The Morgan fingerprint density at radius 2 is 0.538 bits per heavy atom. The summed E-state index contributed by atoms with van der Waals surface area (Å²) in [4.78, 5) is 5.13. The molecule has 2 nitrogen and oxygen atoms in total. The molecule has 0 spiro atoms. The van der Waals surface area contributed by atoms with Crippen LogP contribution in [-0.4, -0.2) is 0 Å². The van der Waals surface area contributed by atoms with Gasteiger partial charge in [0.2, 0.25) is 0 Å². The number of benzene rings is 11. The van der Waals surface area contributed by atoms with Gasteiger partial charge in [0.25, 0.3) is 0 Å². The summed E-state index contributed by atoms with van der Waals surface area (Å²) in [5.74, 6) is 0.817. The Hall–Kier alpha value is -7.68. The first kappa shape index (κ1) is 51.1. The van der Waals surface area contributed by atoms with E-state index in [1.807, 2.05) is 0 Å². The Morgan fingerprint density at radius 3 is 0.808 bits per heavy atom. The molecule has 0 saturated carbocycles. The molecule has 0 saturated heterocycles. The van der Waals surface area contributed by atoms with Crippen molar-refractivity contribution in [2.75, 3.05) is 9.80 Å². The highest BCUT2D eigenvalue weighted by molar-refractivity contribution is 6.26. The Labute approximate surface area is 464 Å². The summed E-state index contributed by atoms with van der Waals surface area (Å²) in [6.45, 7) is 32.9. The molecule has 2 heteroatoms. The summed E-state index contributed by atoms with van der Waals surface area (Å²) in [6.07, 6.45) is 0. The Kier molecular flexibility index (Phi) is 12.1. The number of nitrogens with zero attached hydrogens (tertiary/aromatic N) is 2. The van der Waals surface area contributed by atoms with Gasteiger partial charge < -0.3 is 9.80 Å². The van der Waals surface area contributed by atoms with Crippen molar-refractivity contribution >= 4 is 88.0 Å². The van der Waals surface area contributed by atoms with Crippen LogP contribution in [-0.2, 0) is 21.7 Å². The molecule has 0 bridgehead atoms. The van der Waals surface area contributed by atoms with Crippen molar-refractivity contribution in [2.24, 2.45) is 0 Å². The van der Waals surface area contributed by atoms with E-state index in [-0.39, 0.29) is 21.7 Å². The largest absolute Gasteiger partial charge is 0.309 e. The molecule has 0 amide bonds. The van der Waals surface area contributed by atoms with E-state index < -0.39 is 0 Å². The molecule has 390 valence electrons. The van der Waals surface area contributed by atoms with Crippen molar-refractivity contribution in [1.82, 2.24) is 0 Å². The SMILES string of the molecule is CC(C)c1ccc(N(c2ccc(C(C)(C)C)cc2)c2c3ccccc3c(N(c3ccc(C(C)C)cc3)c3ccc(C(C)(C)C)cc3)c3cc4c(cc23)C(C)(C)c2cc3c5ccccc5c5ccccc5c3cc2C4(C)C)cc1. The zero-order valence-electron chi connectivity index (χ0n) is 48.5. The Bertz CT molecular complexity index is 3850. The highest BCUT2D eigenvalue weighted by atomic mass is 15.2. The van der Waals surface area contributed by atoms with Crippen LogP contribution in [0.2, 0.25) is 0 Å². The molecule has 0 unspecified atom stereocenters. The summed E-state index contributed by atoms with van der Waals surface area (Å²) >= 11 is 0. The fraction of sp³-hybridized carbons (Fsp3) is 0.263. The normalized spacial score (nSPS) is 14.2.